The number of aliphatic hydroxyl groups excluding tert-OH is 1. The molecule has 0 aliphatic heterocycles. The van der Waals surface area contributed by atoms with Crippen molar-refractivity contribution in [2.24, 2.45) is 0 Å². The molecule has 0 heterocycles. The van der Waals surface area contributed by atoms with Gasteiger partial charge in [0.15, 0.2) is 0 Å². The molecule has 2 heteroatoms. The third-order valence-corrected chi connectivity index (χ3v) is 3.72. The molecule has 17 heavy (non-hydrogen) atoms. The van der Waals surface area contributed by atoms with Gasteiger partial charge in [-0.1, -0.05) is 42.0 Å². The van der Waals surface area contributed by atoms with Gasteiger partial charge in [-0.15, -0.1) is 11.8 Å². The second-order valence-electron chi connectivity index (χ2n) is 4.08. The van der Waals surface area contributed by atoms with Crippen LogP contribution in [0.4, 0.5) is 0 Å². The highest BCUT2D eigenvalue weighted by molar-refractivity contribution is 7.98. The maximum Gasteiger partial charge on any atom is 0.0681 e. The summed E-state index contributed by atoms with van der Waals surface area (Å²) in [6, 6.07) is 16.7. The smallest absolute Gasteiger partial charge is 0.0681 e. The minimum absolute atomic E-state index is 0.116. The molecule has 0 amide bonds. The summed E-state index contributed by atoms with van der Waals surface area (Å²) in [4.78, 5) is 1.29. The van der Waals surface area contributed by atoms with Crippen molar-refractivity contribution in [1.82, 2.24) is 0 Å². The van der Waals surface area contributed by atoms with Gasteiger partial charge in [-0.05, 0) is 30.2 Å². The fourth-order valence-corrected chi connectivity index (χ4v) is 2.40. The Bertz CT molecular complexity index is 459. The van der Waals surface area contributed by atoms with Crippen LogP contribution in [0.5, 0.6) is 0 Å². The van der Waals surface area contributed by atoms with E-state index in [1.54, 1.807) is 0 Å². The lowest BCUT2D eigenvalue weighted by molar-refractivity contribution is 0.282. The summed E-state index contributed by atoms with van der Waals surface area (Å²) in [5, 5.41) is 8.96. The Balaban J connectivity index is 1.95. The summed E-state index contributed by atoms with van der Waals surface area (Å²) in [6.45, 7) is 2.22. The quantitative estimate of drug-likeness (QED) is 0.826. The largest absolute Gasteiger partial charge is 0.392 e. The molecule has 2 aromatic carbocycles. The average Bonchev–Trinajstić information content (AvgIpc) is 2.39. The molecule has 1 nitrogen and oxygen atoms in total. The fraction of sp³-hybridized carbons (Fsp3) is 0.200. The van der Waals surface area contributed by atoms with E-state index in [0.29, 0.717) is 0 Å². The van der Waals surface area contributed by atoms with Gasteiger partial charge in [0.1, 0.15) is 0 Å². The fourth-order valence-electron chi connectivity index (χ4n) is 1.54. The summed E-state index contributed by atoms with van der Waals surface area (Å²) < 4.78 is 0. The van der Waals surface area contributed by atoms with Gasteiger partial charge >= 0.3 is 0 Å². The van der Waals surface area contributed by atoms with Crippen LogP contribution < -0.4 is 0 Å². The molecule has 0 aliphatic carbocycles. The minimum Gasteiger partial charge on any atom is -0.392 e. The Morgan fingerprint density at radius 1 is 0.882 bits per heavy atom. The van der Waals surface area contributed by atoms with Crippen molar-refractivity contribution in [1.29, 1.82) is 0 Å². The first kappa shape index (κ1) is 12.2. The van der Waals surface area contributed by atoms with Crippen LogP contribution in [0.3, 0.4) is 0 Å². The predicted octanol–water partition coefficient (Wildman–Crippen LogP) is 3.78. The van der Waals surface area contributed by atoms with Crippen LogP contribution in [0.25, 0.3) is 0 Å². The maximum atomic E-state index is 8.96. The zero-order valence-corrected chi connectivity index (χ0v) is 10.7. The molecule has 0 unspecified atom stereocenters. The van der Waals surface area contributed by atoms with Crippen molar-refractivity contribution in [3.8, 4) is 0 Å². The molecule has 2 aromatic rings. The van der Waals surface area contributed by atoms with Crippen LogP contribution in [0, 0.1) is 6.92 Å². The first-order chi connectivity index (χ1) is 8.28. The van der Waals surface area contributed by atoms with E-state index in [2.05, 4.69) is 43.3 Å². The molecule has 2 rings (SSSR count). The van der Waals surface area contributed by atoms with Gasteiger partial charge < -0.3 is 5.11 Å². The molecular weight excluding hydrogens is 228 g/mol. The Morgan fingerprint density at radius 2 is 1.47 bits per heavy atom. The van der Waals surface area contributed by atoms with Gasteiger partial charge in [0.05, 0.1) is 6.61 Å². The lowest BCUT2D eigenvalue weighted by atomic mass is 10.2. The molecule has 1 N–H and O–H groups in total. The van der Waals surface area contributed by atoms with Gasteiger partial charge in [-0.25, -0.2) is 0 Å². The van der Waals surface area contributed by atoms with E-state index < -0.39 is 0 Å². The number of hydrogen-bond acceptors (Lipinski definition) is 2. The zero-order chi connectivity index (χ0) is 12.1. The second kappa shape index (κ2) is 5.89. The Hall–Kier alpha value is -1.25. The molecule has 0 fully saturated rings. The van der Waals surface area contributed by atoms with E-state index in [4.69, 9.17) is 5.11 Å². The van der Waals surface area contributed by atoms with Crippen molar-refractivity contribution in [3.63, 3.8) is 0 Å². The maximum absolute atomic E-state index is 8.96. The summed E-state index contributed by atoms with van der Waals surface area (Å²) in [7, 11) is 0. The normalized spacial score (nSPS) is 10.5. The number of benzene rings is 2. The van der Waals surface area contributed by atoms with E-state index >= 15 is 0 Å². The molecule has 0 radical (unpaired) electrons. The highest BCUT2D eigenvalue weighted by Crippen LogP contribution is 2.23. The van der Waals surface area contributed by atoms with Gasteiger partial charge in [0.2, 0.25) is 0 Å². The van der Waals surface area contributed by atoms with Crippen molar-refractivity contribution < 1.29 is 5.11 Å². The van der Waals surface area contributed by atoms with Crippen LogP contribution >= 0.6 is 11.8 Å². The van der Waals surface area contributed by atoms with Gasteiger partial charge in [-0.2, -0.15) is 0 Å². The molecular formula is C15H16OS. The van der Waals surface area contributed by atoms with Crippen LogP contribution in [-0.4, -0.2) is 5.11 Å². The first-order valence-corrected chi connectivity index (χ1v) is 6.64. The molecule has 0 saturated carbocycles. The Kier molecular flexibility index (Phi) is 4.24. The van der Waals surface area contributed by atoms with Gasteiger partial charge in [0.25, 0.3) is 0 Å². The third kappa shape index (κ3) is 3.62. The second-order valence-corrected chi connectivity index (χ2v) is 5.13. The minimum atomic E-state index is 0.116. The van der Waals surface area contributed by atoms with E-state index in [1.807, 2.05) is 23.9 Å². The van der Waals surface area contributed by atoms with Crippen molar-refractivity contribution in [2.45, 2.75) is 24.2 Å². The average molecular weight is 244 g/mol. The number of aryl methyl sites for hydroxylation is 1. The van der Waals surface area contributed by atoms with Crippen LogP contribution in [-0.2, 0) is 12.4 Å². The van der Waals surface area contributed by atoms with Crippen molar-refractivity contribution in [2.75, 3.05) is 0 Å². The molecule has 0 aromatic heterocycles. The molecule has 88 valence electrons. The number of aliphatic hydroxyl groups is 1. The molecule has 0 saturated heterocycles. The standard InChI is InChI=1S/C15H16OS/c1-12-2-8-15(9-3-12)17-11-14-6-4-13(10-16)5-7-14/h2-9,16H,10-11H2,1H3. The monoisotopic (exact) mass is 244 g/mol. The third-order valence-electron chi connectivity index (χ3n) is 2.63. The SMILES string of the molecule is Cc1ccc(SCc2ccc(CO)cc2)cc1. The Labute approximate surface area is 107 Å². The van der Waals surface area contributed by atoms with Crippen LogP contribution in [0.2, 0.25) is 0 Å². The van der Waals surface area contributed by atoms with Crippen LogP contribution in [0.15, 0.2) is 53.4 Å². The first-order valence-electron chi connectivity index (χ1n) is 5.66. The predicted molar refractivity (Wildman–Crippen MR) is 73.1 cm³/mol. The van der Waals surface area contributed by atoms with Crippen molar-refractivity contribution >= 4 is 11.8 Å². The summed E-state index contributed by atoms with van der Waals surface area (Å²) in [5.74, 6) is 0.967. The molecule has 0 atom stereocenters. The summed E-state index contributed by atoms with van der Waals surface area (Å²) in [5.41, 5.74) is 3.54. The number of rotatable bonds is 4. The molecule has 0 spiro atoms. The van der Waals surface area contributed by atoms with Crippen molar-refractivity contribution in [3.05, 3.63) is 65.2 Å². The molecule has 0 aliphatic rings. The van der Waals surface area contributed by atoms with E-state index in [1.165, 1.54) is 16.0 Å². The van der Waals surface area contributed by atoms with E-state index in [9.17, 15) is 0 Å². The van der Waals surface area contributed by atoms with E-state index in [-0.39, 0.29) is 6.61 Å². The number of thioether (sulfide) groups is 1. The lowest BCUT2D eigenvalue weighted by Crippen LogP contribution is -1.85. The van der Waals surface area contributed by atoms with Gasteiger partial charge in [0, 0.05) is 10.6 Å². The Morgan fingerprint density at radius 3 is 2.06 bits per heavy atom. The summed E-state index contributed by atoms with van der Waals surface area (Å²) >= 11 is 1.83. The zero-order valence-electron chi connectivity index (χ0n) is 9.89. The molecule has 0 bridgehead atoms. The van der Waals surface area contributed by atoms with Gasteiger partial charge in [-0.3, -0.25) is 0 Å². The van der Waals surface area contributed by atoms with Crippen LogP contribution in [0.1, 0.15) is 16.7 Å². The number of hydrogen-bond donors (Lipinski definition) is 1. The highest BCUT2D eigenvalue weighted by atomic mass is 32.2. The summed E-state index contributed by atoms with van der Waals surface area (Å²) in [6.07, 6.45) is 0. The highest BCUT2D eigenvalue weighted by Gasteiger charge is 1.97. The van der Waals surface area contributed by atoms with E-state index in [0.717, 1.165) is 11.3 Å². The lowest BCUT2D eigenvalue weighted by Gasteiger charge is -2.03. The topological polar surface area (TPSA) is 20.2 Å².